The van der Waals surface area contributed by atoms with E-state index in [0.717, 1.165) is 70.0 Å². The molecule has 0 aliphatic heterocycles. The maximum atomic E-state index is 11.7. The molecule has 0 saturated heterocycles. The molecule has 57 heavy (non-hydrogen) atoms. The van der Waals surface area contributed by atoms with Crippen LogP contribution in [-0.2, 0) is 31.3 Å². The zero-order chi connectivity index (χ0) is 39.6. The average Bonchev–Trinajstić information content (AvgIpc) is 3.73. The van der Waals surface area contributed by atoms with Crippen LogP contribution in [0.15, 0.2) is 115 Å². The number of rotatable bonds is 10. The molecule has 5 aromatic carbocycles. The SMILES string of the molecule is CC(C)(C)Cc1ccc2c(c1)sc1c(-c3[c-]c4ccccc4c(-n4c5ccccc5c5ccccc54)c3)ncnc12.CCC(CC)C(=O)/C=C(\O)C(CC)CC.[Ir]. The molecule has 8 rings (SSSR count). The van der Waals surface area contributed by atoms with Crippen molar-refractivity contribution in [3.63, 3.8) is 0 Å². The molecule has 1 radical (unpaired) electrons. The van der Waals surface area contributed by atoms with E-state index in [-0.39, 0.29) is 48.9 Å². The molecule has 0 unspecified atom stereocenters. The van der Waals surface area contributed by atoms with Crippen molar-refractivity contribution < 1.29 is 30.0 Å². The van der Waals surface area contributed by atoms with Gasteiger partial charge in [0, 0.05) is 69.3 Å². The first-order valence-corrected chi connectivity index (χ1v) is 20.9. The number of allylic oxidation sites excluding steroid dienone is 2. The summed E-state index contributed by atoms with van der Waals surface area (Å²) in [5, 5.41) is 15.7. The van der Waals surface area contributed by atoms with Crippen LogP contribution < -0.4 is 0 Å². The molecular formula is C50H52IrN3O2S-. The fourth-order valence-corrected chi connectivity index (χ4v) is 9.24. The van der Waals surface area contributed by atoms with E-state index < -0.39 is 0 Å². The predicted octanol–water partition coefficient (Wildman–Crippen LogP) is 14.0. The normalized spacial score (nSPS) is 12.2. The van der Waals surface area contributed by atoms with Gasteiger partial charge in [-0.1, -0.05) is 132 Å². The fraction of sp³-hybridized carbons (Fsp3) is 0.300. The molecule has 0 saturated carbocycles. The Morgan fingerprint density at radius 1 is 0.772 bits per heavy atom. The molecule has 0 bridgehead atoms. The number of thiophene rings is 1. The topological polar surface area (TPSA) is 68.0 Å². The Bertz CT molecular complexity index is 2660. The van der Waals surface area contributed by atoms with Crippen LogP contribution in [0.5, 0.6) is 0 Å². The number of fused-ring (bicyclic) bond motifs is 7. The second-order valence-corrected chi connectivity index (χ2v) is 17.1. The van der Waals surface area contributed by atoms with Crippen molar-refractivity contribution in [3.05, 3.63) is 127 Å². The molecule has 0 aliphatic carbocycles. The van der Waals surface area contributed by atoms with E-state index in [0.29, 0.717) is 0 Å². The maximum Gasteiger partial charge on any atom is 0.162 e. The van der Waals surface area contributed by atoms with Crippen LogP contribution in [0, 0.1) is 23.3 Å². The molecule has 0 fully saturated rings. The summed E-state index contributed by atoms with van der Waals surface area (Å²) >= 11 is 1.79. The van der Waals surface area contributed by atoms with Crippen LogP contribution in [0.4, 0.5) is 0 Å². The molecule has 3 heterocycles. The molecule has 295 valence electrons. The minimum atomic E-state index is 0. The molecule has 0 spiro atoms. The zero-order valence-corrected chi connectivity index (χ0v) is 37.2. The van der Waals surface area contributed by atoms with Gasteiger partial charge < -0.3 is 9.67 Å². The standard InChI is InChI=1S/C37H28N3S.C13H24O2.Ir/c1-37(2,3)21-23-16-17-29-33(18-23)41-36-34(38-22-39-35(29)36)25-19-24-10-4-5-11-26(24)32(20-25)40-30-14-8-6-12-27(30)28-13-7-9-15-31(28)40;1-5-10(6-2)12(14)9-13(15)11(7-3)8-4;/h4-18,20,22H,21H2,1-3H3;9-11,14H,5-8H2,1-4H3;/q-1;;/b;12-9-;. The Kier molecular flexibility index (Phi) is 13.1. The summed E-state index contributed by atoms with van der Waals surface area (Å²) in [6.45, 7) is 14.9. The Morgan fingerprint density at radius 2 is 1.37 bits per heavy atom. The third-order valence-electron chi connectivity index (χ3n) is 11.0. The number of carbonyl (C=O) groups is 1. The van der Waals surface area contributed by atoms with Crippen molar-refractivity contribution in [2.45, 2.75) is 80.6 Å². The summed E-state index contributed by atoms with van der Waals surface area (Å²) in [5.41, 5.74) is 8.03. The van der Waals surface area contributed by atoms with E-state index in [2.05, 4.69) is 128 Å². The number of aliphatic hydroxyl groups excluding tert-OH is 1. The molecule has 0 aliphatic rings. The summed E-state index contributed by atoms with van der Waals surface area (Å²) in [4.78, 5) is 21.3. The van der Waals surface area contributed by atoms with Crippen LogP contribution in [0.3, 0.4) is 0 Å². The van der Waals surface area contributed by atoms with Gasteiger partial charge in [0.2, 0.25) is 0 Å². The van der Waals surface area contributed by atoms with Gasteiger partial charge >= 0.3 is 0 Å². The molecular weight excluding hydrogens is 899 g/mol. The van der Waals surface area contributed by atoms with E-state index in [9.17, 15) is 9.90 Å². The molecule has 3 aromatic heterocycles. The summed E-state index contributed by atoms with van der Waals surface area (Å²) in [7, 11) is 0. The minimum Gasteiger partial charge on any atom is -0.512 e. The van der Waals surface area contributed by atoms with Gasteiger partial charge in [-0.2, -0.15) is 0 Å². The van der Waals surface area contributed by atoms with E-state index >= 15 is 0 Å². The van der Waals surface area contributed by atoms with E-state index in [1.54, 1.807) is 17.7 Å². The average molecular weight is 951 g/mol. The second-order valence-electron chi connectivity index (χ2n) is 16.1. The van der Waals surface area contributed by atoms with Crippen molar-refractivity contribution in [1.82, 2.24) is 14.5 Å². The number of carbonyl (C=O) groups excluding carboxylic acids is 1. The van der Waals surface area contributed by atoms with E-state index in [1.165, 1.54) is 43.5 Å². The van der Waals surface area contributed by atoms with Gasteiger partial charge in [-0.15, -0.1) is 28.9 Å². The number of aliphatic hydroxyl groups is 1. The first-order chi connectivity index (χ1) is 27.0. The number of ketones is 1. The summed E-state index contributed by atoms with van der Waals surface area (Å²) < 4.78 is 4.76. The van der Waals surface area contributed by atoms with Gasteiger partial charge in [-0.25, -0.2) is 4.98 Å². The molecule has 1 N–H and O–H groups in total. The van der Waals surface area contributed by atoms with Crippen molar-refractivity contribution in [2.24, 2.45) is 17.3 Å². The summed E-state index contributed by atoms with van der Waals surface area (Å²) in [5.74, 6) is 0.547. The first kappa shape index (κ1) is 41.9. The zero-order valence-electron chi connectivity index (χ0n) is 34.0. The number of aromatic nitrogens is 3. The monoisotopic (exact) mass is 951 g/mol. The second kappa shape index (κ2) is 17.9. The number of para-hydroxylation sites is 2. The van der Waals surface area contributed by atoms with Gasteiger partial charge in [0.05, 0.1) is 22.3 Å². The minimum absolute atomic E-state index is 0. The fourth-order valence-electron chi connectivity index (χ4n) is 8.02. The van der Waals surface area contributed by atoms with Gasteiger partial charge in [-0.3, -0.25) is 9.78 Å². The van der Waals surface area contributed by atoms with E-state index in [1.807, 2.05) is 27.7 Å². The smallest absolute Gasteiger partial charge is 0.162 e. The molecule has 0 atom stereocenters. The number of hydrogen-bond acceptors (Lipinski definition) is 5. The molecule has 5 nitrogen and oxygen atoms in total. The molecule has 7 heteroatoms. The Balaban J connectivity index is 0.000000295. The van der Waals surface area contributed by atoms with E-state index in [4.69, 9.17) is 9.97 Å². The van der Waals surface area contributed by atoms with Gasteiger partial charge in [0.15, 0.2) is 5.78 Å². The van der Waals surface area contributed by atoms with Gasteiger partial charge in [-0.05, 0) is 67.0 Å². The summed E-state index contributed by atoms with van der Waals surface area (Å²) in [6.07, 6.45) is 7.65. The van der Waals surface area contributed by atoms with Crippen LogP contribution >= 0.6 is 11.3 Å². The third kappa shape index (κ3) is 8.62. The van der Waals surface area contributed by atoms with Crippen molar-refractivity contribution in [1.29, 1.82) is 0 Å². The Hall–Kier alpha value is -4.68. The summed E-state index contributed by atoms with van der Waals surface area (Å²) in [6, 6.07) is 38.7. The third-order valence-corrected chi connectivity index (χ3v) is 12.1. The van der Waals surface area contributed by atoms with Crippen molar-refractivity contribution >= 4 is 70.0 Å². The largest absolute Gasteiger partial charge is 0.512 e. The quantitative estimate of drug-likeness (QED) is 0.0842. The van der Waals surface area contributed by atoms with Crippen LogP contribution in [0.25, 0.3) is 69.8 Å². The molecule has 0 amide bonds. The molecule has 8 aromatic rings. The van der Waals surface area contributed by atoms with Crippen LogP contribution in [-0.4, -0.2) is 25.4 Å². The number of hydrogen-bond donors (Lipinski definition) is 1. The van der Waals surface area contributed by atoms with Crippen LogP contribution in [0.2, 0.25) is 0 Å². The number of nitrogens with zero attached hydrogens (tertiary/aromatic N) is 3. The number of benzene rings is 5. The first-order valence-electron chi connectivity index (χ1n) is 20.1. The van der Waals surface area contributed by atoms with Gasteiger partial charge in [0.1, 0.15) is 6.33 Å². The Labute approximate surface area is 354 Å². The maximum absolute atomic E-state index is 11.7. The van der Waals surface area contributed by atoms with Gasteiger partial charge in [0.25, 0.3) is 0 Å². The van der Waals surface area contributed by atoms with Crippen molar-refractivity contribution in [3.8, 4) is 16.9 Å². The predicted molar refractivity (Wildman–Crippen MR) is 238 cm³/mol. The Morgan fingerprint density at radius 3 is 1.98 bits per heavy atom. The van der Waals surface area contributed by atoms with Crippen LogP contribution in [0.1, 0.15) is 79.7 Å². The van der Waals surface area contributed by atoms with Crippen molar-refractivity contribution in [2.75, 3.05) is 0 Å².